The Morgan fingerprint density at radius 3 is 2.81 bits per heavy atom. The van der Waals surface area contributed by atoms with E-state index in [4.69, 9.17) is 4.74 Å². The van der Waals surface area contributed by atoms with Crippen molar-refractivity contribution < 1.29 is 4.74 Å². The Labute approximate surface area is 137 Å². The fraction of sp³-hybridized carbons (Fsp3) is 0.647. The van der Waals surface area contributed by atoms with Crippen LogP contribution in [0.3, 0.4) is 0 Å². The Bertz CT molecular complexity index is 462. The molecule has 1 N–H and O–H groups in total. The molecule has 1 heterocycles. The zero-order chi connectivity index (χ0) is 15.4. The monoisotopic (exact) mass is 354 g/mol. The van der Waals surface area contributed by atoms with Crippen molar-refractivity contribution in [3.8, 4) is 5.75 Å². The van der Waals surface area contributed by atoms with Crippen molar-refractivity contribution in [2.24, 2.45) is 5.92 Å². The first-order chi connectivity index (χ1) is 9.97. The van der Waals surface area contributed by atoms with Crippen LogP contribution in [0.1, 0.15) is 38.3 Å². The third-order valence-electron chi connectivity index (χ3n) is 4.03. The highest BCUT2D eigenvalue weighted by molar-refractivity contribution is 9.10. The predicted octanol–water partition coefficient (Wildman–Crippen LogP) is 3.84. The van der Waals surface area contributed by atoms with Crippen LogP contribution >= 0.6 is 15.9 Å². The van der Waals surface area contributed by atoms with Gasteiger partial charge < -0.3 is 15.0 Å². The van der Waals surface area contributed by atoms with Crippen molar-refractivity contribution >= 4 is 15.9 Å². The first kappa shape index (κ1) is 16.8. The highest BCUT2D eigenvalue weighted by Gasteiger charge is 2.24. The number of hydrogen-bond donors (Lipinski definition) is 1. The zero-order valence-corrected chi connectivity index (χ0v) is 15.1. The Morgan fingerprint density at radius 2 is 2.14 bits per heavy atom. The highest BCUT2D eigenvalue weighted by atomic mass is 79.9. The molecule has 1 aliphatic heterocycles. The van der Waals surface area contributed by atoms with Crippen LogP contribution in [-0.4, -0.2) is 38.2 Å². The molecule has 2 atom stereocenters. The van der Waals surface area contributed by atoms with E-state index in [1.54, 1.807) is 0 Å². The summed E-state index contributed by atoms with van der Waals surface area (Å²) >= 11 is 3.54. The fourth-order valence-electron chi connectivity index (χ4n) is 2.83. The summed E-state index contributed by atoms with van der Waals surface area (Å²) < 4.78 is 6.98. The lowest BCUT2D eigenvalue weighted by Crippen LogP contribution is -2.43. The molecule has 4 heteroatoms. The Balaban J connectivity index is 2.19. The summed E-state index contributed by atoms with van der Waals surface area (Å²) in [5.74, 6) is 1.63. The van der Waals surface area contributed by atoms with Crippen molar-refractivity contribution in [1.82, 2.24) is 10.2 Å². The van der Waals surface area contributed by atoms with E-state index in [9.17, 15) is 0 Å². The number of nitrogens with one attached hydrogen (secondary N) is 1. The minimum absolute atomic E-state index is 0.378. The standard InChI is InChI=1S/C17H27BrN2O/c1-12(2)16(11-20(3)4)19-15-6-5-9-21-17-10-13(18)7-8-14(15)17/h7-8,10,12,15-16,19H,5-6,9,11H2,1-4H3. The molecule has 1 aliphatic rings. The number of likely N-dealkylation sites (N-methyl/N-ethyl adjacent to an activating group) is 1. The van der Waals surface area contributed by atoms with Gasteiger partial charge in [0.25, 0.3) is 0 Å². The molecule has 1 aromatic rings. The summed E-state index contributed by atoms with van der Waals surface area (Å²) in [6, 6.07) is 7.25. The van der Waals surface area contributed by atoms with Crippen LogP contribution in [0.25, 0.3) is 0 Å². The molecule has 21 heavy (non-hydrogen) atoms. The smallest absolute Gasteiger partial charge is 0.125 e. The number of hydrogen-bond acceptors (Lipinski definition) is 3. The summed E-state index contributed by atoms with van der Waals surface area (Å²) in [5, 5.41) is 3.87. The van der Waals surface area contributed by atoms with E-state index in [0.29, 0.717) is 18.0 Å². The van der Waals surface area contributed by atoms with Crippen LogP contribution < -0.4 is 10.1 Å². The van der Waals surface area contributed by atoms with Crippen LogP contribution in [0.15, 0.2) is 22.7 Å². The van der Waals surface area contributed by atoms with Gasteiger partial charge in [-0.3, -0.25) is 0 Å². The van der Waals surface area contributed by atoms with Crippen molar-refractivity contribution in [1.29, 1.82) is 0 Å². The van der Waals surface area contributed by atoms with Crippen molar-refractivity contribution in [3.63, 3.8) is 0 Å². The van der Waals surface area contributed by atoms with Crippen LogP contribution in [0.2, 0.25) is 0 Å². The average molecular weight is 355 g/mol. The molecule has 0 amide bonds. The number of rotatable bonds is 5. The molecule has 2 rings (SSSR count). The number of fused-ring (bicyclic) bond motifs is 1. The Hall–Kier alpha value is -0.580. The first-order valence-electron chi connectivity index (χ1n) is 7.80. The number of ether oxygens (including phenoxy) is 1. The van der Waals surface area contributed by atoms with Gasteiger partial charge in [0.15, 0.2) is 0 Å². The average Bonchev–Trinajstić information content (AvgIpc) is 2.59. The van der Waals surface area contributed by atoms with Crippen LogP contribution in [-0.2, 0) is 0 Å². The molecule has 0 saturated carbocycles. The van der Waals surface area contributed by atoms with Gasteiger partial charge >= 0.3 is 0 Å². The maximum atomic E-state index is 5.90. The quantitative estimate of drug-likeness (QED) is 0.869. The maximum absolute atomic E-state index is 5.90. The minimum Gasteiger partial charge on any atom is -0.493 e. The van der Waals surface area contributed by atoms with E-state index in [1.165, 1.54) is 5.56 Å². The molecule has 2 unspecified atom stereocenters. The van der Waals surface area contributed by atoms with Gasteiger partial charge in [0.1, 0.15) is 5.75 Å². The number of benzene rings is 1. The Kier molecular flexibility index (Phi) is 6.08. The van der Waals surface area contributed by atoms with E-state index < -0.39 is 0 Å². The third kappa shape index (κ3) is 4.70. The number of halogens is 1. The summed E-state index contributed by atoms with van der Waals surface area (Å²) in [5.41, 5.74) is 1.29. The molecule has 3 nitrogen and oxygen atoms in total. The molecule has 0 spiro atoms. The predicted molar refractivity (Wildman–Crippen MR) is 91.9 cm³/mol. The molecular weight excluding hydrogens is 328 g/mol. The fourth-order valence-corrected chi connectivity index (χ4v) is 3.17. The summed E-state index contributed by atoms with van der Waals surface area (Å²) in [4.78, 5) is 2.26. The second-order valence-corrected chi connectivity index (χ2v) is 7.42. The third-order valence-corrected chi connectivity index (χ3v) is 4.52. The molecule has 1 aromatic carbocycles. The minimum atomic E-state index is 0.378. The molecule has 0 fully saturated rings. The van der Waals surface area contributed by atoms with E-state index in [0.717, 1.165) is 36.2 Å². The summed E-state index contributed by atoms with van der Waals surface area (Å²) in [6.07, 6.45) is 2.22. The zero-order valence-electron chi connectivity index (χ0n) is 13.5. The van der Waals surface area contributed by atoms with E-state index in [1.807, 2.05) is 0 Å². The SMILES string of the molecule is CC(C)C(CN(C)C)NC1CCCOc2cc(Br)ccc21. The van der Waals surface area contributed by atoms with Crippen molar-refractivity contribution in [3.05, 3.63) is 28.2 Å². The largest absolute Gasteiger partial charge is 0.493 e. The van der Waals surface area contributed by atoms with Gasteiger partial charge in [0.2, 0.25) is 0 Å². The van der Waals surface area contributed by atoms with Crippen LogP contribution in [0, 0.1) is 5.92 Å². The number of nitrogens with zero attached hydrogens (tertiary/aromatic N) is 1. The van der Waals surface area contributed by atoms with Crippen molar-refractivity contribution in [2.75, 3.05) is 27.2 Å². The molecule has 0 radical (unpaired) electrons. The molecule has 0 saturated heterocycles. The van der Waals surface area contributed by atoms with Gasteiger partial charge in [-0.25, -0.2) is 0 Å². The van der Waals surface area contributed by atoms with Gasteiger partial charge in [-0.1, -0.05) is 35.8 Å². The normalized spacial score (nSPS) is 20.0. The molecule has 0 bridgehead atoms. The highest BCUT2D eigenvalue weighted by Crippen LogP contribution is 2.34. The lowest BCUT2D eigenvalue weighted by Gasteiger charge is -2.30. The van der Waals surface area contributed by atoms with Crippen LogP contribution in [0.4, 0.5) is 0 Å². The lowest BCUT2D eigenvalue weighted by atomic mass is 9.97. The van der Waals surface area contributed by atoms with Crippen LogP contribution in [0.5, 0.6) is 5.75 Å². The van der Waals surface area contributed by atoms with E-state index in [2.05, 4.69) is 72.3 Å². The van der Waals surface area contributed by atoms with Crippen molar-refractivity contribution in [2.45, 2.75) is 38.8 Å². The second kappa shape index (κ2) is 7.61. The van der Waals surface area contributed by atoms with E-state index >= 15 is 0 Å². The first-order valence-corrected chi connectivity index (χ1v) is 8.59. The molecule has 0 aliphatic carbocycles. The summed E-state index contributed by atoms with van der Waals surface area (Å²) in [6.45, 7) is 6.44. The molecule has 118 valence electrons. The Morgan fingerprint density at radius 1 is 1.38 bits per heavy atom. The van der Waals surface area contributed by atoms with Gasteiger partial charge in [-0.15, -0.1) is 0 Å². The summed E-state index contributed by atoms with van der Waals surface area (Å²) in [7, 11) is 4.27. The van der Waals surface area contributed by atoms with Gasteiger partial charge in [-0.2, -0.15) is 0 Å². The van der Waals surface area contributed by atoms with Gasteiger partial charge in [-0.05, 0) is 45.0 Å². The molecular formula is C17H27BrN2O. The maximum Gasteiger partial charge on any atom is 0.125 e. The van der Waals surface area contributed by atoms with Gasteiger partial charge in [0.05, 0.1) is 6.61 Å². The van der Waals surface area contributed by atoms with E-state index in [-0.39, 0.29) is 0 Å². The second-order valence-electron chi connectivity index (χ2n) is 6.50. The molecule has 0 aromatic heterocycles. The lowest BCUT2D eigenvalue weighted by molar-refractivity contribution is 0.263. The topological polar surface area (TPSA) is 24.5 Å². The van der Waals surface area contributed by atoms with Gasteiger partial charge in [0, 0.05) is 28.7 Å².